The van der Waals surface area contributed by atoms with E-state index in [4.69, 9.17) is 0 Å². The molecule has 0 spiro atoms. The molecule has 0 saturated carbocycles. The summed E-state index contributed by atoms with van der Waals surface area (Å²) >= 11 is 0. The van der Waals surface area contributed by atoms with Crippen LogP contribution >= 0.6 is 0 Å². The first-order chi connectivity index (χ1) is 11.8. The number of para-hydroxylation sites is 1. The smallest absolute Gasteiger partial charge is 0.276 e. The fourth-order valence-corrected chi connectivity index (χ4v) is 5.01. The first-order valence-corrected chi connectivity index (χ1v) is 10.3. The summed E-state index contributed by atoms with van der Waals surface area (Å²) in [5, 5.41) is 7.34. The topological polar surface area (TPSA) is 81.1 Å². The first-order valence-electron chi connectivity index (χ1n) is 8.47. The SMILES string of the molecule is CCc1cccc(C)c1NC(=O)c1cc(C)n(C2CCS(=O)(=O)C2)n1. The number of nitrogens with one attached hydrogen (secondary N) is 1. The van der Waals surface area contributed by atoms with Gasteiger partial charge < -0.3 is 5.32 Å². The fourth-order valence-electron chi connectivity index (χ4n) is 3.32. The van der Waals surface area contributed by atoms with Crippen molar-refractivity contribution >= 4 is 21.4 Å². The second-order valence-electron chi connectivity index (χ2n) is 6.59. The summed E-state index contributed by atoms with van der Waals surface area (Å²) in [5.41, 5.74) is 4.02. The summed E-state index contributed by atoms with van der Waals surface area (Å²) in [5.74, 6) is 0.00216. The van der Waals surface area contributed by atoms with E-state index in [1.807, 2.05) is 39.0 Å². The van der Waals surface area contributed by atoms with E-state index >= 15 is 0 Å². The van der Waals surface area contributed by atoms with Gasteiger partial charge in [0.05, 0.1) is 17.5 Å². The number of sulfone groups is 1. The lowest BCUT2D eigenvalue weighted by molar-refractivity contribution is 0.102. The number of aryl methyl sites for hydroxylation is 3. The van der Waals surface area contributed by atoms with E-state index < -0.39 is 9.84 Å². The number of hydrogen-bond donors (Lipinski definition) is 1. The predicted octanol–water partition coefficient (Wildman–Crippen LogP) is 2.67. The molecule has 1 atom stereocenters. The van der Waals surface area contributed by atoms with Crippen LogP contribution in [0.15, 0.2) is 24.3 Å². The molecular weight excluding hydrogens is 338 g/mol. The molecule has 134 valence electrons. The van der Waals surface area contributed by atoms with Gasteiger partial charge in [0, 0.05) is 11.4 Å². The van der Waals surface area contributed by atoms with E-state index in [1.165, 1.54) is 0 Å². The number of hydrogen-bond acceptors (Lipinski definition) is 4. The minimum atomic E-state index is -3.00. The molecule has 1 aliphatic rings. The number of anilines is 1. The lowest BCUT2D eigenvalue weighted by atomic mass is 10.1. The summed E-state index contributed by atoms with van der Waals surface area (Å²) in [7, 11) is -3.00. The standard InChI is InChI=1S/C18H23N3O3S/c1-4-14-7-5-6-12(2)17(14)19-18(22)16-10-13(3)21(20-16)15-8-9-25(23,24)11-15/h5-7,10,15H,4,8-9,11H2,1-3H3,(H,19,22). The van der Waals surface area contributed by atoms with Crippen molar-refractivity contribution < 1.29 is 13.2 Å². The minimum absolute atomic E-state index is 0.0916. The summed E-state index contributed by atoms with van der Waals surface area (Å²) in [6.07, 6.45) is 1.37. The van der Waals surface area contributed by atoms with Crippen LogP contribution in [0.2, 0.25) is 0 Å². The number of nitrogens with zero attached hydrogens (tertiary/aromatic N) is 2. The Kier molecular flexibility index (Phi) is 4.69. The van der Waals surface area contributed by atoms with Gasteiger partial charge in [-0.25, -0.2) is 8.42 Å². The molecule has 2 aromatic rings. The zero-order valence-corrected chi connectivity index (χ0v) is 15.6. The van der Waals surface area contributed by atoms with E-state index in [2.05, 4.69) is 10.4 Å². The molecule has 7 heteroatoms. The van der Waals surface area contributed by atoms with Crippen LogP contribution in [-0.4, -0.2) is 35.6 Å². The van der Waals surface area contributed by atoms with Gasteiger partial charge in [-0.2, -0.15) is 5.10 Å². The second-order valence-corrected chi connectivity index (χ2v) is 8.82. The van der Waals surface area contributed by atoms with Crippen molar-refractivity contribution in [2.45, 2.75) is 39.7 Å². The van der Waals surface area contributed by atoms with E-state index in [-0.39, 0.29) is 23.5 Å². The number of benzene rings is 1. The molecule has 3 rings (SSSR count). The molecule has 1 saturated heterocycles. The van der Waals surface area contributed by atoms with E-state index in [9.17, 15) is 13.2 Å². The lowest BCUT2D eigenvalue weighted by Gasteiger charge is -2.12. The summed E-state index contributed by atoms with van der Waals surface area (Å²) in [6.45, 7) is 5.85. The highest BCUT2D eigenvalue weighted by molar-refractivity contribution is 7.91. The van der Waals surface area contributed by atoms with Gasteiger partial charge in [0.25, 0.3) is 5.91 Å². The van der Waals surface area contributed by atoms with Crippen LogP contribution in [0.4, 0.5) is 5.69 Å². The van der Waals surface area contributed by atoms with Crippen molar-refractivity contribution in [2.75, 3.05) is 16.8 Å². The van der Waals surface area contributed by atoms with Gasteiger partial charge in [0.15, 0.2) is 15.5 Å². The Morgan fingerprint density at radius 2 is 2.12 bits per heavy atom. The molecule has 1 aromatic heterocycles. The Morgan fingerprint density at radius 3 is 2.76 bits per heavy atom. The van der Waals surface area contributed by atoms with Crippen LogP contribution in [0.1, 0.15) is 46.7 Å². The highest BCUT2D eigenvalue weighted by Crippen LogP contribution is 2.26. The Hall–Kier alpha value is -2.15. The Balaban J connectivity index is 1.84. The largest absolute Gasteiger partial charge is 0.320 e. The highest BCUT2D eigenvalue weighted by Gasteiger charge is 2.31. The molecule has 2 heterocycles. The number of carbonyl (C=O) groups excluding carboxylic acids is 1. The normalized spacial score (nSPS) is 19.1. The van der Waals surface area contributed by atoms with Gasteiger partial charge >= 0.3 is 0 Å². The summed E-state index contributed by atoms with van der Waals surface area (Å²) in [6, 6.07) is 7.46. The van der Waals surface area contributed by atoms with Crippen molar-refractivity contribution in [2.24, 2.45) is 0 Å². The Bertz CT molecular complexity index is 916. The third kappa shape index (κ3) is 3.61. The highest BCUT2D eigenvalue weighted by atomic mass is 32.2. The number of carbonyl (C=O) groups is 1. The zero-order chi connectivity index (χ0) is 18.2. The molecule has 0 bridgehead atoms. The quantitative estimate of drug-likeness (QED) is 0.908. The fraction of sp³-hybridized carbons (Fsp3) is 0.444. The number of amides is 1. The number of rotatable bonds is 4. The van der Waals surface area contributed by atoms with Crippen molar-refractivity contribution in [3.8, 4) is 0 Å². The third-order valence-corrected chi connectivity index (χ3v) is 6.44. The lowest BCUT2D eigenvalue weighted by Crippen LogP contribution is -2.17. The van der Waals surface area contributed by atoms with Crippen molar-refractivity contribution in [1.82, 2.24) is 9.78 Å². The van der Waals surface area contributed by atoms with Crippen LogP contribution in [0.3, 0.4) is 0 Å². The molecule has 1 aromatic carbocycles. The molecule has 1 amide bonds. The second kappa shape index (κ2) is 6.63. The average Bonchev–Trinajstić information content (AvgIpc) is 3.11. The van der Waals surface area contributed by atoms with Gasteiger partial charge in [-0.3, -0.25) is 9.48 Å². The molecule has 1 N–H and O–H groups in total. The molecule has 25 heavy (non-hydrogen) atoms. The van der Waals surface area contributed by atoms with Crippen molar-refractivity contribution in [1.29, 1.82) is 0 Å². The Labute approximate surface area is 148 Å². The number of aromatic nitrogens is 2. The van der Waals surface area contributed by atoms with Crippen molar-refractivity contribution in [3.05, 3.63) is 46.8 Å². The van der Waals surface area contributed by atoms with Crippen LogP contribution in [0, 0.1) is 13.8 Å². The van der Waals surface area contributed by atoms with Crippen LogP contribution < -0.4 is 5.32 Å². The minimum Gasteiger partial charge on any atom is -0.320 e. The molecule has 0 aliphatic carbocycles. The molecule has 6 nitrogen and oxygen atoms in total. The van der Waals surface area contributed by atoms with Crippen LogP contribution in [0.5, 0.6) is 0 Å². The van der Waals surface area contributed by atoms with Crippen molar-refractivity contribution in [3.63, 3.8) is 0 Å². The molecule has 0 radical (unpaired) electrons. The monoisotopic (exact) mass is 361 g/mol. The van der Waals surface area contributed by atoms with Gasteiger partial charge in [0.2, 0.25) is 0 Å². The van der Waals surface area contributed by atoms with Gasteiger partial charge in [-0.05, 0) is 43.9 Å². The van der Waals surface area contributed by atoms with Crippen LogP contribution in [-0.2, 0) is 16.3 Å². The van der Waals surface area contributed by atoms with Crippen LogP contribution in [0.25, 0.3) is 0 Å². The van der Waals surface area contributed by atoms with Gasteiger partial charge in [-0.1, -0.05) is 25.1 Å². The summed E-state index contributed by atoms with van der Waals surface area (Å²) < 4.78 is 25.1. The third-order valence-electron chi connectivity index (χ3n) is 4.69. The van der Waals surface area contributed by atoms with Gasteiger partial charge in [0.1, 0.15) is 0 Å². The predicted molar refractivity (Wildman–Crippen MR) is 97.8 cm³/mol. The Morgan fingerprint density at radius 1 is 1.36 bits per heavy atom. The zero-order valence-electron chi connectivity index (χ0n) is 14.7. The maximum atomic E-state index is 12.6. The van der Waals surface area contributed by atoms with E-state index in [1.54, 1.807) is 10.7 Å². The molecule has 1 fully saturated rings. The average molecular weight is 361 g/mol. The van der Waals surface area contributed by atoms with E-state index in [0.717, 1.165) is 28.9 Å². The van der Waals surface area contributed by atoms with Gasteiger partial charge in [-0.15, -0.1) is 0 Å². The maximum Gasteiger partial charge on any atom is 0.276 e. The molecule has 1 unspecified atom stereocenters. The molecular formula is C18H23N3O3S. The molecule has 1 aliphatic heterocycles. The summed E-state index contributed by atoms with van der Waals surface area (Å²) in [4.78, 5) is 12.6. The maximum absolute atomic E-state index is 12.6. The van der Waals surface area contributed by atoms with E-state index in [0.29, 0.717) is 12.1 Å². The first kappa shape index (κ1) is 17.7.